The van der Waals surface area contributed by atoms with Crippen LogP contribution in [0.25, 0.3) is 0 Å². The van der Waals surface area contributed by atoms with E-state index in [1.54, 1.807) is 0 Å². The zero-order chi connectivity index (χ0) is 0. The molecular weight excluding hydrogens is 504 g/mol. The van der Waals surface area contributed by atoms with Gasteiger partial charge in [-0.25, -0.2) is 0 Å². The molecule has 0 spiro atoms. The second kappa shape index (κ2) is 23.9. The molecule has 0 saturated carbocycles. The van der Waals surface area contributed by atoms with Gasteiger partial charge in [0.2, 0.25) is 0 Å². The summed E-state index contributed by atoms with van der Waals surface area (Å²) in [6.07, 6.45) is 0. The fourth-order valence-corrected chi connectivity index (χ4v) is 0. The van der Waals surface area contributed by atoms with Gasteiger partial charge in [-0.15, -0.1) is 0 Å². The molecule has 5 heavy (non-hydrogen) atoms. The Labute approximate surface area is 134 Å². The first kappa shape index (κ1) is 34.5. The fraction of sp³-hybridized carbons (Fsp3) is 0. The molecule has 0 aromatic carbocycles. The molecule has 0 rings (SSSR count). The van der Waals surface area contributed by atoms with E-state index in [4.69, 9.17) is 0 Å². The van der Waals surface area contributed by atoms with Crippen molar-refractivity contribution in [2.24, 2.45) is 0 Å². The van der Waals surface area contributed by atoms with Crippen molar-refractivity contribution in [2.45, 2.75) is 0 Å². The van der Waals surface area contributed by atoms with Gasteiger partial charge in [-0.1, -0.05) is 0 Å². The van der Waals surface area contributed by atoms with Gasteiger partial charge >= 0.3 is 84.0 Å². The molecule has 34 valence electrons. The maximum absolute atomic E-state index is 0. The monoisotopic (exact) mass is 508 g/mol. The third-order valence-corrected chi connectivity index (χ3v) is 0. The van der Waals surface area contributed by atoms with Crippen molar-refractivity contribution < 1.29 is 53.7 Å². The van der Waals surface area contributed by atoms with Gasteiger partial charge in [-0.2, -0.15) is 0 Å². The maximum atomic E-state index is 0. The van der Waals surface area contributed by atoms with Crippen LogP contribution in [0.1, 0.15) is 0 Å². The van der Waals surface area contributed by atoms with E-state index < -0.39 is 0 Å². The standard InChI is InChI=1S/Co.In.Ni.Rb.Re.4H. The molecule has 0 atom stereocenters. The average Bonchev–Trinajstić information content (AvgIpc) is 0. The molecule has 2 radical (unpaired) electrons. The molecule has 0 heterocycles. The quantitative estimate of drug-likeness (QED) is 0.338. The smallest absolute Gasteiger partial charge is 0 e. The third-order valence-electron chi connectivity index (χ3n) is 0. The molecule has 0 amide bonds. The van der Waals surface area contributed by atoms with Crippen molar-refractivity contribution in [1.29, 1.82) is 0 Å². The van der Waals surface area contributed by atoms with E-state index in [0.29, 0.717) is 0 Å². The van der Waals surface area contributed by atoms with E-state index in [1.165, 1.54) is 0 Å². The molecule has 0 aliphatic carbocycles. The average molecular weight is 508 g/mol. The Morgan fingerprint density at radius 1 is 1.00 bits per heavy atom. The first-order valence-corrected chi connectivity index (χ1v) is 0. The fourth-order valence-electron chi connectivity index (χ4n) is 0. The van der Waals surface area contributed by atoms with Crippen molar-refractivity contribution >= 4 is 84.0 Å². The minimum atomic E-state index is 0. The topological polar surface area (TPSA) is 0 Å². The SMILES string of the molecule is [Co].[InH3].[Ni].[RbH].[Re]. The van der Waals surface area contributed by atoms with Gasteiger partial charge < -0.3 is 0 Å². The van der Waals surface area contributed by atoms with E-state index >= 15 is 0 Å². The van der Waals surface area contributed by atoms with E-state index in [2.05, 4.69) is 0 Å². The van der Waals surface area contributed by atoms with E-state index in [9.17, 15) is 0 Å². The van der Waals surface area contributed by atoms with Gasteiger partial charge in [-0.3, -0.25) is 0 Å². The van der Waals surface area contributed by atoms with E-state index in [1.807, 2.05) is 0 Å². The molecule has 0 N–H and O–H groups in total. The van der Waals surface area contributed by atoms with Crippen LogP contribution in [0.15, 0.2) is 0 Å². The first-order valence-electron chi connectivity index (χ1n) is 0. The second-order valence-corrected chi connectivity index (χ2v) is 0. The van der Waals surface area contributed by atoms with Crippen LogP contribution in [-0.2, 0) is 53.7 Å². The molecule has 0 aliphatic heterocycles. The van der Waals surface area contributed by atoms with Crippen LogP contribution in [0, 0.1) is 0 Å². The predicted octanol–water partition coefficient (Wildman–Crippen LogP) is -1.84. The Morgan fingerprint density at radius 3 is 1.00 bits per heavy atom. The Balaban J connectivity index is 0. The number of hydrogen-bond acceptors (Lipinski definition) is 0. The first-order chi connectivity index (χ1) is 0. The molecule has 5 heteroatoms. The van der Waals surface area contributed by atoms with Crippen molar-refractivity contribution in [3.05, 3.63) is 0 Å². The van der Waals surface area contributed by atoms with Gasteiger partial charge in [0, 0.05) is 53.7 Å². The predicted molar refractivity (Wildman–Crippen MR) is 17.1 cm³/mol. The van der Waals surface area contributed by atoms with E-state index in [0.717, 1.165) is 0 Å². The number of rotatable bonds is 0. The molecule has 0 fully saturated rings. The Kier molecular flexibility index (Phi) is 165. The summed E-state index contributed by atoms with van der Waals surface area (Å²) in [5.41, 5.74) is 0. The van der Waals surface area contributed by atoms with Crippen molar-refractivity contribution in [3.8, 4) is 0 Å². The molecule has 0 saturated heterocycles. The van der Waals surface area contributed by atoms with Gasteiger partial charge in [0.15, 0.2) is 0 Å². The molecule has 0 unspecified atom stereocenters. The Morgan fingerprint density at radius 2 is 1.00 bits per heavy atom. The summed E-state index contributed by atoms with van der Waals surface area (Å²) in [5, 5.41) is 0. The van der Waals surface area contributed by atoms with Gasteiger partial charge in [0.05, 0.1) is 0 Å². The molecule has 0 aromatic heterocycles. The van der Waals surface area contributed by atoms with Crippen LogP contribution >= 0.6 is 0 Å². The zero-order valence-corrected chi connectivity index (χ0v) is 5.77. The third kappa shape index (κ3) is 17.8. The van der Waals surface area contributed by atoms with Crippen LogP contribution in [0.2, 0.25) is 0 Å². The summed E-state index contributed by atoms with van der Waals surface area (Å²) in [5.74, 6) is 0. The Hall–Kier alpha value is 4.34. The summed E-state index contributed by atoms with van der Waals surface area (Å²) in [7, 11) is 0. The summed E-state index contributed by atoms with van der Waals surface area (Å²) >= 11 is 0. The van der Waals surface area contributed by atoms with Crippen LogP contribution in [-0.4, -0.2) is 84.0 Å². The summed E-state index contributed by atoms with van der Waals surface area (Å²) < 4.78 is 0. The van der Waals surface area contributed by atoms with Crippen molar-refractivity contribution in [2.75, 3.05) is 0 Å². The summed E-state index contributed by atoms with van der Waals surface area (Å²) in [4.78, 5) is 0. The molecule has 0 aromatic rings. The minimum Gasteiger partial charge on any atom is 0 e. The number of hydrogen-bond donors (Lipinski definition) is 0. The van der Waals surface area contributed by atoms with Crippen molar-refractivity contribution in [3.63, 3.8) is 0 Å². The molecular formula is H4CoInNiRbRe. The Bertz CT molecular complexity index is 11.6. The zero-order valence-electron chi connectivity index (χ0n) is 1.03. The van der Waals surface area contributed by atoms with Gasteiger partial charge in [0.25, 0.3) is 0 Å². The van der Waals surface area contributed by atoms with Gasteiger partial charge in [-0.05, 0) is 0 Å². The van der Waals surface area contributed by atoms with Gasteiger partial charge in [0.1, 0.15) is 0 Å². The largest absolute Gasteiger partial charge is 0 e. The summed E-state index contributed by atoms with van der Waals surface area (Å²) in [6, 6.07) is 0. The van der Waals surface area contributed by atoms with Crippen molar-refractivity contribution in [1.82, 2.24) is 0 Å². The normalized spacial score (nSPS) is 0. The molecule has 0 nitrogen and oxygen atoms in total. The van der Waals surface area contributed by atoms with Crippen LogP contribution < -0.4 is 0 Å². The van der Waals surface area contributed by atoms with Crippen LogP contribution in [0.4, 0.5) is 0 Å². The minimum absolute atomic E-state index is 0. The molecule has 0 aliphatic rings. The van der Waals surface area contributed by atoms with Crippen LogP contribution in [0.3, 0.4) is 0 Å². The maximum Gasteiger partial charge on any atom is 0 e. The van der Waals surface area contributed by atoms with E-state index in [-0.39, 0.29) is 138 Å². The molecule has 0 bridgehead atoms. The van der Waals surface area contributed by atoms with Crippen LogP contribution in [0.5, 0.6) is 0 Å². The summed E-state index contributed by atoms with van der Waals surface area (Å²) in [6.45, 7) is 0. The second-order valence-electron chi connectivity index (χ2n) is 0.